The monoisotopic (exact) mass is 353 g/mol. The highest BCUT2D eigenvalue weighted by Gasteiger charge is 2.30. The molecule has 0 saturated carbocycles. The van der Waals surface area contributed by atoms with E-state index in [1.807, 2.05) is 6.33 Å². The number of fused-ring (bicyclic) bond motifs is 1. The minimum absolute atomic E-state index is 0.275. The molecule has 0 amide bonds. The zero-order chi connectivity index (χ0) is 17.5. The molecule has 0 N–H and O–H groups in total. The van der Waals surface area contributed by atoms with Gasteiger partial charge in [0, 0.05) is 24.3 Å². The molecular formula is C19H20FN5O. The molecule has 1 atom stereocenters. The van der Waals surface area contributed by atoms with Gasteiger partial charge in [0.15, 0.2) is 0 Å². The number of hydrogen-bond acceptors (Lipinski definition) is 5. The summed E-state index contributed by atoms with van der Waals surface area (Å²) in [6, 6.07) is 7.05. The van der Waals surface area contributed by atoms with Gasteiger partial charge in [0.1, 0.15) is 5.82 Å². The van der Waals surface area contributed by atoms with E-state index >= 15 is 0 Å². The molecule has 3 heterocycles. The Kier molecular flexibility index (Phi) is 3.72. The highest BCUT2D eigenvalue weighted by molar-refractivity contribution is 5.55. The van der Waals surface area contributed by atoms with Crippen LogP contribution in [0.3, 0.4) is 0 Å². The van der Waals surface area contributed by atoms with Crippen LogP contribution in [0.1, 0.15) is 36.7 Å². The van der Waals surface area contributed by atoms with Gasteiger partial charge in [-0.2, -0.15) is 4.98 Å². The normalized spacial score (nSPS) is 19.7. The summed E-state index contributed by atoms with van der Waals surface area (Å²) in [5, 5.41) is 4.05. The van der Waals surface area contributed by atoms with Gasteiger partial charge in [-0.1, -0.05) is 5.16 Å². The molecular weight excluding hydrogens is 333 g/mol. The number of imidazole rings is 1. The van der Waals surface area contributed by atoms with Gasteiger partial charge in [0.25, 0.3) is 0 Å². The molecule has 1 aliphatic carbocycles. The zero-order valence-corrected chi connectivity index (χ0v) is 14.4. The summed E-state index contributed by atoms with van der Waals surface area (Å²) in [6.07, 6.45) is 7.76. The first-order valence-electron chi connectivity index (χ1n) is 9.17. The number of hydrogen-bond donors (Lipinski definition) is 0. The fraction of sp³-hybridized carbons (Fsp3) is 0.421. The lowest BCUT2D eigenvalue weighted by atomic mass is 10.0. The van der Waals surface area contributed by atoms with Crippen molar-refractivity contribution in [3.8, 4) is 11.4 Å². The summed E-state index contributed by atoms with van der Waals surface area (Å²) in [5.74, 6) is 0.215. The van der Waals surface area contributed by atoms with E-state index in [4.69, 9.17) is 4.52 Å². The number of aromatic nitrogens is 4. The van der Waals surface area contributed by atoms with E-state index in [9.17, 15) is 4.39 Å². The summed E-state index contributed by atoms with van der Waals surface area (Å²) in [6.45, 7) is 1.72. The van der Waals surface area contributed by atoms with E-state index in [1.165, 1.54) is 36.4 Å². The number of benzene rings is 1. The first-order valence-corrected chi connectivity index (χ1v) is 9.17. The third-order valence-corrected chi connectivity index (χ3v) is 5.40. The Morgan fingerprint density at radius 1 is 1.12 bits per heavy atom. The SMILES string of the molecule is Fc1ccc(-c2noc(N3CCC(n4cnc5c4CCCC5)C3)n2)cc1. The molecule has 0 bridgehead atoms. The largest absolute Gasteiger partial charge is 0.329 e. The molecule has 2 aromatic heterocycles. The Balaban J connectivity index is 1.33. The average Bonchev–Trinajstić information content (AvgIpc) is 3.40. The van der Waals surface area contributed by atoms with Gasteiger partial charge in [-0.05, 0) is 56.4 Å². The highest BCUT2D eigenvalue weighted by Crippen LogP contribution is 2.31. The Bertz CT molecular complexity index is 916. The van der Waals surface area contributed by atoms with Crippen LogP contribution < -0.4 is 4.90 Å². The van der Waals surface area contributed by atoms with Crippen molar-refractivity contribution in [2.75, 3.05) is 18.0 Å². The molecule has 1 aromatic carbocycles. The predicted molar refractivity (Wildman–Crippen MR) is 94.4 cm³/mol. The number of nitrogens with zero attached hydrogens (tertiary/aromatic N) is 5. The lowest BCUT2D eigenvalue weighted by Crippen LogP contribution is -2.22. The van der Waals surface area contributed by atoms with Crippen LogP contribution in [-0.4, -0.2) is 32.8 Å². The lowest BCUT2D eigenvalue weighted by Gasteiger charge is -2.19. The predicted octanol–water partition coefficient (Wildman–Crippen LogP) is 3.40. The highest BCUT2D eigenvalue weighted by atomic mass is 19.1. The average molecular weight is 353 g/mol. The summed E-state index contributed by atoms with van der Waals surface area (Å²) < 4.78 is 20.9. The molecule has 6 nitrogen and oxygen atoms in total. The smallest absolute Gasteiger partial charge is 0.324 e. The maximum atomic E-state index is 13.1. The molecule has 1 fully saturated rings. The van der Waals surface area contributed by atoms with Crippen LogP contribution >= 0.6 is 0 Å². The van der Waals surface area contributed by atoms with Crippen molar-refractivity contribution in [2.24, 2.45) is 0 Å². The second-order valence-electron chi connectivity index (χ2n) is 7.05. The minimum Gasteiger partial charge on any atom is -0.329 e. The van der Waals surface area contributed by atoms with Gasteiger partial charge < -0.3 is 14.0 Å². The molecule has 0 spiro atoms. The van der Waals surface area contributed by atoms with E-state index in [1.54, 1.807) is 12.1 Å². The van der Waals surface area contributed by atoms with E-state index in [0.717, 1.165) is 37.9 Å². The second-order valence-corrected chi connectivity index (χ2v) is 7.05. The number of anilines is 1. The number of aryl methyl sites for hydroxylation is 1. The zero-order valence-electron chi connectivity index (χ0n) is 14.4. The van der Waals surface area contributed by atoms with Crippen molar-refractivity contribution in [3.63, 3.8) is 0 Å². The first kappa shape index (κ1) is 15.5. The molecule has 2 aliphatic rings. The van der Waals surface area contributed by atoms with Crippen molar-refractivity contribution < 1.29 is 8.91 Å². The quantitative estimate of drug-likeness (QED) is 0.722. The molecule has 5 rings (SSSR count). The number of rotatable bonds is 3. The molecule has 1 unspecified atom stereocenters. The van der Waals surface area contributed by atoms with Crippen LogP contribution in [0.5, 0.6) is 0 Å². The topological polar surface area (TPSA) is 60.0 Å². The van der Waals surface area contributed by atoms with Crippen molar-refractivity contribution in [1.29, 1.82) is 0 Å². The summed E-state index contributed by atoms with van der Waals surface area (Å²) in [7, 11) is 0. The first-order chi connectivity index (χ1) is 12.8. The van der Waals surface area contributed by atoms with Gasteiger partial charge in [-0.3, -0.25) is 0 Å². The Morgan fingerprint density at radius 2 is 1.96 bits per heavy atom. The van der Waals surface area contributed by atoms with Crippen molar-refractivity contribution in [1.82, 2.24) is 19.7 Å². The van der Waals surface area contributed by atoms with Gasteiger partial charge in [-0.15, -0.1) is 0 Å². The van der Waals surface area contributed by atoms with Gasteiger partial charge in [-0.25, -0.2) is 9.37 Å². The molecule has 3 aromatic rings. The second kappa shape index (κ2) is 6.23. The van der Waals surface area contributed by atoms with Crippen LogP contribution in [0, 0.1) is 5.82 Å². The Morgan fingerprint density at radius 3 is 2.85 bits per heavy atom. The molecule has 26 heavy (non-hydrogen) atoms. The fourth-order valence-corrected chi connectivity index (χ4v) is 4.01. The van der Waals surface area contributed by atoms with E-state index < -0.39 is 0 Å². The van der Waals surface area contributed by atoms with Gasteiger partial charge in [0.05, 0.1) is 18.1 Å². The maximum Gasteiger partial charge on any atom is 0.324 e. The molecule has 1 aliphatic heterocycles. The number of halogens is 1. The lowest BCUT2D eigenvalue weighted by molar-refractivity contribution is 0.417. The third-order valence-electron chi connectivity index (χ3n) is 5.40. The van der Waals surface area contributed by atoms with E-state index in [-0.39, 0.29) is 5.82 Å². The van der Waals surface area contributed by atoms with E-state index in [2.05, 4.69) is 24.6 Å². The van der Waals surface area contributed by atoms with Crippen LogP contribution in [0.15, 0.2) is 35.1 Å². The fourth-order valence-electron chi connectivity index (χ4n) is 4.01. The molecule has 134 valence electrons. The molecule has 7 heteroatoms. The van der Waals surface area contributed by atoms with Crippen LogP contribution in [0.4, 0.5) is 10.4 Å². The Hall–Kier alpha value is -2.70. The standard InChI is InChI=1S/C19H20FN5O/c20-14-7-5-13(6-8-14)18-22-19(26-23-18)24-10-9-15(11-24)25-12-21-16-3-1-2-4-17(16)25/h5-8,12,15H,1-4,9-11H2. The summed E-state index contributed by atoms with van der Waals surface area (Å²) in [4.78, 5) is 11.2. The van der Waals surface area contributed by atoms with Crippen molar-refractivity contribution in [2.45, 2.75) is 38.1 Å². The van der Waals surface area contributed by atoms with Gasteiger partial charge >= 0.3 is 6.01 Å². The van der Waals surface area contributed by atoms with Crippen molar-refractivity contribution >= 4 is 6.01 Å². The minimum atomic E-state index is -0.275. The van der Waals surface area contributed by atoms with Crippen LogP contribution in [-0.2, 0) is 12.8 Å². The maximum absolute atomic E-state index is 13.1. The van der Waals surface area contributed by atoms with Gasteiger partial charge in [0.2, 0.25) is 5.82 Å². The van der Waals surface area contributed by atoms with E-state index in [0.29, 0.717) is 17.9 Å². The van der Waals surface area contributed by atoms with Crippen LogP contribution in [0.2, 0.25) is 0 Å². The summed E-state index contributed by atoms with van der Waals surface area (Å²) >= 11 is 0. The molecule has 1 saturated heterocycles. The van der Waals surface area contributed by atoms with Crippen molar-refractivity contribution in [3.05, 3.63) is 47.8 Å². The third kappa shape index (κ3) is 2.67. The molecule has 0 radical (unpaired) electrons. The van der Waals surface area contributed by atoms with Crippen LogP contribution in [0.25, 0.3) is 11.4 Å². The summed E-state index contributed by atoms with van der Waals surface area (Å²) in [5.41, 5.74) is 3.42. The Labute approximate surface area is 150 Å².